The van der Waals surface area contributed by atoms with Crippen LogP contribution < -0.4 is 10.4 Å². The van der Waals surface area contributed by atoms with Gasteiger partial charge in [-0.05, 0) is 24.1 Å². The van der Waals surface area contributed by atoms with Gasteiger partial charge in [-0.25, -0.2) is 5.43 Å². The van der Waals surface area contributed by atoms with E-state index in [9.17, 15) is 0 Å². The Morgan fingerprint density at radius 2 is 2.25 bits per heavy atom. The van der Waals surface area contributed by atoms with E-state index in [2.05, 4.69) is 45.4 Å². The van der Waals surface area contributed by atoms with Crippen LogP contribution in [-0.4, -0.2) is 7.05 Å². The third-order valence-corrected chi connectivity index (χ3v) is 3.15. The van der Waals surface area contributed by atoms with Gasteiger partial charge in [-0.15, -0.1) is 0 Å². The van der Waals surface area contributed by atoms with Crippen LogP contribution in [0.5, 0.6) is 0 Å². The third-order valence-electron chi connectivity index (χ3n) is 2.29. The van der Waals surface area contributed by atoms with E-state index in [-0.39, 0.29) is 0 Å². The number of nitrogens with one attached hydrogen (secondary N) is 1. The van der Waals surface area contributed by atoms with E-state index in [0.717, 1.165) is 6.54 Å². The molecule has 0 aromatic heterocycles. The molecule has 0 unspecified atom stereocenters. The van der Waals surface area contributed by atoms with Gasteiger partial charge >= 0.3 is 0 Å². The highest BCUT2D eigenvalue weighted by molar-refractivity contribution is 9.10. The molecule has 0 bridgehead atoms. The van der Waals surface area contributed by atoms with Crippen LogP contribution in [0.25, 0.3) is 0 Å². The first kappa shape index (κ1) is 8.08. The molecule has 1 N–H and O–H groups in total. The van der Waals surface area contributed by atoms with E-state index in [1.807, 2.05) is 7.05 Å². The maximum absolute atomic E-state index is 3.52. The van der Waals surface area contributed by atoms with Crippen molar-refractivity contribution in [2.45, 2.75) is 13.5 Å². The fourth-order valence-corrected chi connectivity index (χ4v) is 1.94. The van der Waals surface area contributed by atoms with Crippen LogP contribution in [0.4, 0.5) is 5.69 Å². The van der Waals surface area contributed by atoms with Crippen molar-refractivity contribution in [3.63, 3.8) is 0 Å². The lowest BCUT2D eigenvalue weighted by Crippen LogP contribution is -2.27. The molecule has 0 saturated heterocycles. The standard InChI is InChI=1S/C9H11BrN2/c1-6-8(10)4-3-7-5-11-12(2)9(6)7/h3-4,11H,5H2,1-2H3. The van der Waals surface area contributed by atoms with Gasteiger partial charge < -0.3 is 5.01 Å². The summed E-state index contributed by atoms with van der Waals surface area (Å²) in [6.45, 7) is 3.08. The summed E-state index contributed by atoms with van der Waals surface area (Å²) in [4.78, 5) is 0. The molecule has 1 aromatic carbocycles. The molecular formula is C9H11BrN2. The Morgan fingerprint density at radius 1 is 1.50 bits per heavy atom. The number of hydrogen-bond acceptors (Lipinski definition) is 2. The Balaban J connectivity index is 2.63. The summed E-state index contributed by atoms with van der Waals surface area (Å²) in [5.41, 5.74) is 7.25. The minimum Gasteiger partial charge on any atom is -0.311 e. The van der Waals surface area contributed by atoms with Gasteiger partial charge in [-0.3, -0.25) is 0 Å². The monoisotopic (exact) mass is 226 g/mol. The summed E-state index contributed by atoms with van der Waals surface area (Å²) in [5, 5.41) is 2.08. The van der Waals surface area contributed by atoms with Gasteiger partial charge in [-0.2, -0.15) is 0 Å². The van der Waals surface area contributed by atoms with Crippen LogP contribution >= 0.6 is 15.9 Å². The molecule has 0 aliphatic carbocycles. The molecule has 0 spiro atoms. The number of fused-ring (bicyclic) bond motifs is 1. The molecule has 2 nitrogen and oxygen atoms in total. The van der Waals surface area contributed by atoms with E-state index in [4.69, 9.17) is 0 Å². The van der Waals surface area contributed by atoms with Gasteiger partial charge in [0.25, 0.3) is 0 Å². The van der Waals surface area contributed by atoms with Crippen molar-refractivity contribution in [3.05, 3.63) is 27.7 Å². The van der Waals surface area contributed by atoms with E-state index >= 15 is 0 Å². The van der Waals surface area contributed by atoms with Crippen molar-refractivity contribution in [3.8, 4) is 0 Å². The molecule has 0 fully saturated rings. The first-order valence-corrected chi connectivity index (χ1v) is 4.74. The van der Waals surface area contributed by atoms with Gasteiger partial charge in [0.2, 0.25) is 0 Å². The summed E-state index contributed by atoms with van der Waals surface area (Å²) in [5.74, 6) is 0. The number of anilines is 1. The maximum Gasteiger partial charge on any atom is 0.0602 e. The minimum atomic E-state index is 0.944. The van der Waals surface area contributed by atoms with E-state index in [1.165, 1.54) is 21.3 Å². The summed E-state index contributed by atoms with van der Waals surface area (Å²) >= 11 is 3.52. The molecule has 0 radical (unpaired) electrons. The zero-order valence-corrected chi connectivity index (χ0v) is 8.77. The summed E-state index contributed by atoms with van der Waals surface area (Å²) < 4.78 is 1.18. The van der Waals surface area contributed by atoms with Gasteiger partial charge in [0, 0.05) is 18.1 Å². The van der Waals surface area contributed by atoms with Gasteiger partial charge in [0.1, 0.15) is 0 Å². The van der Waals surface area contributed by atoms with Crippen molar-refractivity contribution < 1.29 is 0 Å². The fraction of sp³-hybridized carbons (Fsp3) is 0.333. The van der Waals surface area contributed by atoms with Gasteiger partial charge in [-0.1, -0.05) is 22.0 Å². The molecule has 2 rings (SSSR count). The lowest BCUT2D eigenvalue weighted by molar-refractivity contribution is 0.733. The van der Waals surface area contributed by atoms with Crippen LogP contribution in [0, 0.1) is 6.92 Å². The zero-order valence-electron chi connectivity index (χ0n) is 7.19. The van der Waals surface area contributed by atoms with Crippen molar-refractivity contribution >= 4 is 21.6 Å². The number of benzene rings is 1. The fourth-order valence-electron chi connectivity index (χ4n) is 1.62. The minimum absolute atomic E-state index is 0.944. The number of rotatable bonds is 0. The van der Waals surface area contributed by atoms with Crippen LogP contribution in [0.3, 0.4) is 0 Å². The molecule has 64 valence electrons. The molecule has 0 amide bonds. The summed E-state index contributed by atoms with van der Waals surface area (Å²) in [6, 6.07) is 4.26. The molecule has 0 atom stereocenters. The predicted octanol–water partition coefficient (Wildman–Crippen LogP) is 2.21. The highest BCUT2D eigenvalue weighted by Gasteiger charge is 2.17. The van der Waals surface area contributed by atoms with Crippen LogP contribution in [0.1, 0.15) is 11.1 Å². The van der Waals surface area contributed by atoms with Gasteiger partial charge in [0.15, 0.2) is 0 Å². The Labute approximate surface area is 80.7 Å². The zero-order chi connectivity index (χ0) is 8.72. The molecule has 12 heavy (non-hydrogen) atoms. The topological polar surface area (TPSA) is 15.3 Å². The lowest BCUT2D eigenvalue weighted by Gasteiger charge is -2.15. The van der Waals surface area contributed by atoms with E-state index in [1.54, 1.807) is 0 Å². The van der Waals surface area contributed by atoms with Crippen molar-refractivity contribution in [2.75, 3.05) is 12.1 Å². The van der Waals surface area contributed by atoms with Crippen LogP contribution in [0.15, 0.2) is 16.6 Å². The maximum atomic E-state index is 3.52. The molecule has 3 heteroatoms. The smallest absolute Gasteiger partial charge is 0.0602 e. The Hall–Kier alpha value is -0.540. The van der Waals surface area contributed by atoms with Crippen LogP contribution in [-0.2, 0) is 6.54 Å². The first-order valence-electron chi connectivity index (χ1n) is 3.95. The average molecular weight is 227 g/mol. The Morgan fingerprint density at radius 3 is 3.00 bits per heavy atom. The average Bonchev–Trinajstić information content (AvgIpc) is 2.41. The number of halogens is 1. The quantitative estimate of drug-likeness (QED) is 0.730. The van der Waals surface area contributed by atoms with Crippen molar-refractivity contribution in [1.29, 1.82) is 0 Å². The highest BCUT2D eigenvalue weighted by Crippen LogP contribution is 2.32. The van der Waals surface area contributed by atoms with Crippen molar-refractivity contribution in [1.82, 2.24) is 5.43 Å². The Bertz CT molecular complexity index is 323. The number of hydrazine groups is 1. The first-order chi connectivity index (χ1) is 5.70. The molecule has 1 aromatic rings. The number of nitrogens with zero attached hydrogens (tertiary/aromatic N) is 1. The summed E-state index contributed by atoms with van der Waals surface area (Å²) in [7, 11) is 2.05. The number of hydrogen-bond donors (Lipinski definition) is 1. The van der Waals surface area contributed by atoms with E-state index < -0.39 is 0 Å². The predicted molar refractivity (Wildman–Crippen MR) is 54.1 cm³/mol. The lowest BCUT2D eigenvalue weighted by atomic mass is 10.1. The molecular weight excluding hydrogens is 216 g/mol. The molecule has 0 saturated carbocycles. The third kappa shape index (κ3) is 1.04. The second kappa shape index (κ2) is 2.75. The van der Waals surface area contributed by atoms with Crippen molar-refractivity contribution in [2.24, 2.45) is 0 Å². The largest absolute Gasteiger partial charge is 0.311 e. The normalized spacial score (nSPS) is 15.1. The molecule has 1 aliphatic heterocycles. The molecule has 1 heterocycles. The van der Waals surface area contributed by atoms with E-state index in [0.29, 0.717) is 0 Å². The SMILES string of the molecule is Cc1c(Br)ccc2c1N(C)NC2. The summed E-state index contributed by atoms with van der Waals surface area (Å²) in [6.07, 6.45) is 0. The Kier molecular flexibility index (Phi) is 1.85. The second-order valence-electron chi connectivity index (χ2n) is 3.07. The molecule has 1 aliphatic rings. The van der Waals surface area contributed by atoms with Crippen LogP contribution in [0.2, 0.25) is 0 Å². The second-order valence-corrected chi connectivity index (χ2v) is 3.93. The highest BCUT2D eigenvalue weighted by atomic mass is 79.9. The van der Waals surface area contributed by atoms with Gasteiger partial charge in [0.05, 0.1) is 5.69 Å².